The van der Waals surface area contributed by atoms with Gasteiger partial charge in [-0.2, -0.15) is 5.10 Å². The highest BCUT2D eigenvalue weighted by Gasteiger charge is 2.11. The molecule has 0 fully saturated rings. The Bertz CT molecular complexity index is 580. The van der Waals surface area contributed by atoms with E-state index in [1.165, 1.54) is 10.7 Å². The van der Waals surface area contributed by atoms with E-state index in [2.05, 4.69) is 5.10 Å². The Morgan fingerprint density at radius 1 is 1.50 bits per heavy atom. The third-order valence-electron chi connectivity index (χ3n) is 2.41. The topological polar surface area (TPSA) is 64.4 Å². The molecule has 1 aromatic carbocycles. The summed E-state index contributed by atoms with van der Waals surface area (Å²) in [4.78, 5) is 10.8. The second-order valence-electron chi connectivity index (χ2n) is 3.67. The molecule has 0 bridgehead atoms. The first kappa shape index (κ1) is 12.4. The third-order valence-corrected chi connectivity index (χ3v) is 2.72. The van der Waals surface area contributed by atoms with Gasteiger partial charge in [0.05, 0.1) is 10.7 Å². The molecule has 0 saturated heterocycles. The number of carboxylic acids is 1. The number of benzene rings is 1. The van der Waals surface area contributed by atoms with E-state index in [0.717, 1.165) is 0 Å². The number of hydrogen-bond donors (Lipinski definition) is 1. The molecule has 18 heavy (non-hydrogen) atoms. The molecule has 1 aromatic heterocycles. The van der Waals surface area contributed by atoms with Crippen LogP contribution >= 0.6 is 11.6 Å². The molecule has 0 radical (unpaired) electrons. The van der Waals surface area contributed by atoms with Crippen LogP contribution in [-0.4, -0.2) is 20.9 Å². The summed E-state index contributed by atoms with van der Waals surface area (Å²) in [6, 6.07) is 8.56. The minimum Gasteiger partial charge on any atom is -0.486 e. The van der Waals surface area contributed by atoms with Crippen molar-refractivity contribution < 1.29 is 14.6 Å². The van der Waals surface area contributed by atoms with Gasteiger partial charge in [0.1, 0.15) is 12.4 Å². The third kappa shape index (κ3) is 2.62. The standard InChI is InChI=1S/C12H11ClN2O3/c1-15-8(6-10(14-15)12(16)17)7-18-11-5-3-2-4-9(11)13/h2-6H,7H2,1H3,(H,16,17). The Hall–Kier alpha value is -2.01. The van der Waals surface area contributed by atoms with Gasteiger partial charge < -0.3 is 9.84 Å². The maximum absolute atomic E-state index is 10.8. The van der Waals surface area contributed by atoms with E-state index < -0.39 is 5.97 Å². The van der Waals surface area contributed by atoms with Crippen LogP contribution in [-0.2, 0) is 13.7 Å². The summed E-state index contributed by atoms with van der Waals surface area (Å²) in [5.74, 6) is -0.508. The zero-order valence-corrected chi connectivity index (χ0v) is 10.4. The molecule has 0 amide bonds. The number of rotatable bonds is 4. The Morgan fingerprint density at radius 3 is 2.83 bits per heavy atom. The molecule has 1 heterocycles. The molecular weight excluding hydrogens is 256 g/mol. The van der Waals surface area contributed by atoms with Crippen molar-refractivity contribution in [3.05, 3.63) is 46.7 Å². The van der Waals surface area contributed by atoms with E-state index in [4.69, 9.17) is 21.4 Å². The summed E-state index contributed by atoms with van der Waals surface area (Å²) in [5.41, 5.74) is 0.655. The molecule has 6 heteroatoms. The zero-order valence-electron chi connectivity index (χ0n) is 9.63. The van der Waals surface area contributed by atoms with Gasteiger partial charge >= 0.3 is 5.97 Å². The van der Waals surface area contributed by atoms with Gasteiger partial charge in [-0.1, -0.05) is 23.7 Å². The van der Waals surface area contributed by atoms with Crippen LogP contribution < -0.4 is 4.74 Å². The molecule has 5 nitrogen and oxygen atoms in total. The number of ether oxygens (including phenoxy) is 1. The van der Waals surface area contributed by atoms with Gasteiger partial charge in [0.25, 0.3) is 0 Å². The van der Waals surface area contributed by atoms with Crippen molar-refractivity contribution >= 4 is 17.6 Å². The summed E-state index contributed by atoms with van der Waals surface area (Å²) < 4.78 is 6.98. The van der Waals surface area contributed by atoms with E-state index >= 15 is 0 Å². The average Bonchev–Trinajstić information content (AvgIpc) is 2.70. The summed E-state index contributed by atoms with van der Waals surface area (Å²) >= 11 is 5.94. The maximum Gasteiger partial charge on any atom is 0.356 e. The number of aromatic nitrogens is 2. The van der Waals surface area contributed by atoms with Crippen molar-refractivity contribution in [3.8, 4) is 5.75 Å². The van der Waals surface area contributed by atoms with E-state index in [1.807, 2.05) is 12.1 Å². The average molecular weight is 267 g/mol. The number of carbonyl (C=O) groups is 1. The fourth-order valence-corrected chi connectivity index (χ4v) is 1.65. The predicted octanol–water partition coefficient (Wildman–Crippen LogP) is 2.35. The van der Waals surface area contributed by atoms with E-state index in [9.17, 15) is 4.79 Å². The lowest BCUT2D eigenvalue weighted by atomic mass is 10.3. The van der Waals surface area contributed by atoms with Gasteiger partial charge in [0.15, 0.2) is 5.69 Å². The van der Waals surface area contributed by atoms with Crippen LogP contribution in [0.5, 0.6) is 5.75 Å². The minimum atomic E-state index is -1.06. The predicted molar refractivity (Wildman–Crippen MR) is 66.0 cm³/mol. The Morgan fingerprint density at radius 2 is 2.22 bits per heavy atom. The number of aryl methyl sites for hydroxylation is 1. The lowest BCUT2D eigenvalue weighted by Gasteiger charge is -2.07. The first-order valence-corrected chi connectivity index (χ1v) is 5.59. The molecular formula is C12H11ClN2O3. The van der Waals surface area contributed by atoms with Crippen LogP contribution in [0.3, 0.4) is 0 Å². The lowest BCUT2D eigenvalue weighted by Crippen LogP contribution is -2.03. The maximum atomic E-state index is 10.8. The fourth-order valence-electron chi connectivity index (χ4n) is 1.46. The number of halogens is 1. The van der Waals surface area contributed by atoms with Crippen LogP contribution in [0.25, 0.3) is 0 Å². The molecule has 1 N–H and O–H groups in total. The molecule has 0 atom stereocenters. The van der Waals surface area contributed by atoms with Crippen molar-refractivity contribution in [1.82, 2.24) is 9.78 Å². The SMILES string of the molecule is Cn1nc(C(=O)O)cc1COc1ccccc1Cl. The van der Waals surface area contributed by atoms with Crippen LogP contribution in [0, 0.1) is 0 Å². The van der Waals surface area contributed by atoms with Gasteiger partial charge in [-0.25, -0.2) is 4.79 Å². The van der Waals surface area contributed by atoms with Crippen molar-refractivity contribution in [2.24, 2.45) is 7.05 Å². The number of hydrogen-bond acceptors (Lipinski definition) is 3. The normalized spacial score (nSPS) is 10.3. The molecule has 94 valence electrons. The first-order chi connectivity index (χ1) is 8.58. The van der Waals surface area contributed by atoms with Gasteiger partial charge in [0.2, 0.25) is 0 Å². The van der Waals surface area contributed by atoms with E-state index in [-0.39, 0.29) is 12.3 Å². The largest absolute Gasteiger partial charge is 0.486 e. The second kappa shape index (κ2) is 5.10. The van der Waals surface area contributed by atoms with Crippen LogP contribution in [0.4, 0.5) is 0 Å². The van der Waals surface area contributed by atoms with Gasteiger partial charge in [-0.05, 0) is 18.2 Å². The highest BCUT2D eigenvalue weighted by Crippen LogP contribution is 2.24. The molecule has 0 saturated carbocycles. The van der Waals surface area contributed by atoms with Crippen molar-refractivity contribution in [1.29, 1.82) is 0 Å². The molecule has 2 rings (SSSR count). The smallest absolute Gasteiger partial charge is 0.356 e. The molecule has 0 aliphatic heterocycles. The number of carboxylic acid groups (broad SMARTS) is 1. The Kier molecular flexibility index (Phi) is 3.53. The van der Waals surface area contributed by atoms with E-state index in [1.54, 1.807) is 19.2 Å². The monoisotopic (exact) mass is 266 g/mol. The highest BCUT2D eigenvalue weighted by molar-refractivity contribution is 6.32. The van der Waals surface area contributed by atoms with Gasteiger partial charge in [-0.3, -0.25) is 4.68 Å². The Labute approximate surface area is 109 Å². The molecule has 0 spiro atoms. The molecule has 0 unspecified atom stereocenters. The second-order valence-corrected chi connectivity index (χ2v) is 4.08. The van der Waals surface area contributed by atoms with Crippen molar-refractivity contribution in [2.45, 2.75) is 6.61 Å². The summed E-state index contributed by atoms with van der Waals surface area (Å²) in [6.45, 7) is 0.209. The lowest BCUT2D eigenvalue weighted by molar-refractivity contribution is 0.0689. The van der Waals surface area contributed by atoms with Crippen molar-refractivity contribution in [3.63, 3.8) is 0 Å². The number of para-hydroxylation sites is 1. The molecule has 2 aromatic rings. The zero-order chi connectivity index (χ0) is 13.1. The van der Waals surface area contributed by atoms with Gasteiger partial charge in [0, 0.05) is 7.05 Å². The van der Waals surface area contributed by atoms with Crippen LogP contribution in [0.1, 0.15) is 16.2 Å². The number of aromatic carboxylic acids is 1. The molecule has 0 aliphatic carbocycles. The summed E-state index contributed by atoms with van der Waals surface area (Å²) in [6.07, 6.45) is 0. The fraction of sp³-hybridized carbons (Fsp3) is 0.167. The Balaban J connectivity index is 2.11. The van der Waals surface area contributed by atoms with Crippen molar-refractivity contribution in [2.75, 3.05) is 0 Å². The molecule has 0 aliphatic rings. The van der Waals surface area contributed by atoms with E-state index in [0.29, 0.717) is 16.5 Å². The van der Waals surface area contributed by atoms with Gasteiger partial charge in [-0.15, -0.1) is 0 Å². The summed E-state index contributed by atoms with van der Waals surface area (Å²) in [7, 11) is 1.66. The van der Waals surface area contributed by atoms with Crippen LogP contribution in [0.15, 0.2) is 30.3 Å². The summed E-state index contributed by atoms with van der Waals surface area (Å²) in [5, 5.41) is 13.2. The first-order valence-electron chi connectivity index (χ1n) is 5.21. The minimum absolute atomic E-state index is 0.00439. The quantitative estimate of drug-likeness (QED) is 0.923. The highest BCUT2D eigenvalue weighted by atomic mass is 35.5. The van der Waals surface area contributed by atoms with Crippen LogP contribution in [0.2, 0.25) is 5.02 Å². The number of nitrogens with zero attached hydrogens (tertiary/aromatic N) is 2.